The van der Waals surface area contributed by atoms with Crippen molar-refractivity contribution in [3.8, 4) is 6.07 Å². The summed E-state index contributed by atoms with van der Waals surface area (Å²) in [6.45, 7) is 1.42. The smallest absolute Gasteiger partial charge is 0.342 e. The average molecular weight is 355 g/mol. The first-order valence-electron chi connectivity index (χ1n) is 6.20. The number of sulfonamides is 1. The molecule has 2 aromatic rings. The first kappa shape index (κ1) is 16.9. The highest BCUT2D eigenvalue weighted by atomic mass is 35.5. The molecule has 0 fully saturated rings. The van der Waals surface area contributed by atoms with Crippen molar-refractivity contribution < 1.29 is 22.4 Å². The van der Waals surface area contributed by atoms with E-state index in [0.29, 0.717) is 5.02 Å². The summed E-state index contributed by atoms with van der Waals surface area (Å²) in [5.74, 6) is -1.07. The van der Waals surface area contributed by atoms with Crippen LogP contribution in [0.4, 0.5) is 5.88 Å². The number of carbonyl (C=O) groups is 1. The standard InChI is InChI=1S/C14H11ClN2O5S/c1-8-12(14(18)21-2)11(7-16)13(22-8)17-23(19,20)10-5-3-9(15)4-6-10/h3-6,17H,1-2H3. The minimum absolute atomic E-state index is 0.0699. The molecule has 120 valence electrons. The number of hydrogen-bond acceptors (Lipinski definition) is 6. The Hall–Kier alpha value is -2.50. The summed E-state index contributed by atoms with van der Waals surface area (Å²) in [5.41, 5.74) is -0.365. The van der Waals surface area contributed by atoms with E-state index in [1.165, 1.54) is 31.2 Å². The molecule has 0 bridgehead atoms. The van der Waals surface area contributed by atoms with E-state index in [0.717, 1.165) is 7.11 Å². The Morgan fingerprint density at radius 3 is 2.48 bits per heavy atom. The second-order valence-electron chi connectivity index (χ2n) is 4.40. The molecular weight excluding hydrogens is 344 g/mol. The van der Waals surface area contributed by atoms with Gasteiger partial charge >= 0.3 is 5.97 Å². The van der Waals surface area contributed by atoms with Crippen LogP contribution in [0.1, 0.15) is 21.7 Å². The van der Waals surface area contributed by atoms with Crippen LogP contribution in [0, 0.1) is 18.3 Å². The number of rotatable bonds is 4. The number of nitrogens with one attached hydrogen (secondary N) is 1. The van der Waals surface area contributed by atoms with Crippen molar-refractivity contribution in [1.82, 2.24) is 0 Å². The molecule has 0 saturated carbocycles. The number of nitrogens with zero attached hydrogens (tertiary/aromatic N) is 1. The molecule has 1 N–H and O–H groups in total. The summed E-state index contributed by atoms with van der Waals surface area (Å²) >= 11 is 5.72. The summed E-state index contributed by atoms with van der Waals surface area (Å²) in [5, 5.41) is 9.57. The molecule has 23 heavy (non-hydrogen) atoms. The van der Waals surface area contributed by atoms with Gasteiger partial charge in [0.25, 0.3) is 10.0 Å². The van der Waals surface area contributed by atoms with Crippen LogP contribution < -0.4 is 4.72 Å². The van der Waals surface area contributed by atoms with E-state index >= 15 is 0 Å². The van der Waals surface area contributed by atoms with Crippen LogP contribution in [0.5, 0.6) is 0 Å². The molecule has 1 heterocycles. The molecule has 0 atom stereocenters. The summed E-state index contributed by atoms with van der Waals surface area (Å²) < 4.78 is 36.5. The molecule has 1 aromatic heterocycles. The lowest BCUT2D eigenvalue weighted by Crippen LogP contribution is -2.13. The molecule has 0 aliphatic rings. The third-order valence-electron chi connectivity index (χ3n) is 2.94. The Balaban J connectivity index is 2.46. The highest BCUT2D eigenvalue weighted by Crippen LogP contribution is 2.29. The quantitative estimate of drug-likeness (QED) is 0.845. The summed E-state index contributed by atoms with van der Waals surface area (Å²) in [6.07, 6.45) is 0. The maximum absolute atomic E-state index is 12.3. The predicted octanol–water partition coefficient (Wildman–Crippen LogP) is 2.70. The number of benzene rings is 1. The van der Waals surface area contributed by atoms with Gasteiger partial charge in [0.15, 0.2) is 0 Å². The summed E-state index contributed by atoms with van der Waals surface area (Å²) in [4.78, 5) is 11.6. The highest BCUT2D eigenvalue weighted by Gasteiger charge is 2.27. The maximum Gasteiger partial charge on any atom is 0.342 e. The van der Waals surface area contributed by atoms with Gasteiger partial charge in [0, 0.05) is 5.02 Å². The van der Waals surface area contributed by atoms with Crippen LogP contribution in [0.25, 0.3) is 0 Å². The Labute approximate surface area is 137 Å². The number of esters is 1. The Morgan fingerprint density at radius 1 is 1.35 bits per heavy atom. The molecule has 9 heteroatoms. The second kappa shape index (κ2) is 6.32. The van der Waals surface area contributed by atoms with Gasteiger partial charge in [-0.25, -0.2) is 17.9 Å². The van der Waals surface area contributed by atoms with Crippen molar-refractivity contribution in [2.24, 2.45) is 0 Å². The van der Waals surface area contributed by atoms with Crippen LogP contribution in [-0.4, -0.2) is 21.5 Å². The maximum atomic E-state index is 12.3. The van der Waals surface area contributed by atoms with Gasteiger partial charge in [-0.05, 0) is 31.2 Å². The Morgan fingerprint density at radius 2 is 1.96 bits per heavy atom. The monoisotopic (exact) mass is 354 g/mol. The lowest BCUT2D eigenvalue weighted by atomic mass is 10.1. The largest absolute Gasteiger partial charge is 0.465 e. The molecule has 0 unspecified atom stereocenters. The third-order valence-corrected chi connectivity index (χ3v) is 4.54. The summed E-state index contributed by atoms with van der Waals surface area (Å²) in [7, 11) is -2.86. The van der Waals surface area contributed by atoms with E-state index in [-0.39, 0.29) is 27.7 Å². The van der Waals surface area contributed by atoms with Gasteiger partial charge in [-0.3, -0.25) is 0 Å². The van der Waals surface area contributed by atoms with E-state index in [1.54, 1.807) is 6.07 Å². The SMILES string of the molecule is COC(=O)c1c(C)oc(NS(=O)(=O)c2ccc(Cl)cc2)c1C#N. The predicted molar refractivity (Wildman–Crippen MR) is 81.8 cm³/mol. The molecule has 0 saturated heterocycles. The van der Waals surface area contributed by atoms with Gasteiger partial charge in [-0.15, -0.1) is 0 Å². The lowest BCUT2D eigenvalue weighted by Gasteiger charge is -2.05. The number of carbonyl (C=O) groups excluding carboxylic acids is 1. The number of halogens is 1. The van der Waals surface area contributed by atoms with Gasteiger partial charge < -0.3 is 9.15 Å². The fourth-order valence-corrected chi connectivity index (χ4v) is 2.99. The van der Waals surface area contributed by atoms with Crippen molar-refractivity contribution in [3.63, 3.8) is 0 Å². The zero-order valence-corrected chi connectivity index (χ0v) is 13.7. The molecule has 0 amide bonds. The van der Waals surface area contributed by atoms with Crippen molar-refractivity contribution in [2.45, 2.75) is 11.8 Å². The van der Waals surface area contributed by atoms with Gasteiger partial charge in [0.2, 0.25) is 5.88 Å². The molecule has 0 aliphatic carbocycles. The van der Waals surface area contributed by atoms with Crippen LogP contribution in [0.3, 0.4) is 0 Å². The van der Waals surface area contributed by atoms with Gasteiger partial charge in [0.05, 0.1) is 12.0 Å². The van der Waals surface area contributed by atoms with Crippen molar-refractivity contribution >= 4 is 33.5 Å². The number of methoxy groups -OCH3 is 1. The fourth-order valence-electron chi connectivity index (χ4n) is 1.87. The van der Waals surface area contributed by atoms with Gasteiger partial charge in [0.1, 0.15) is 23.0 Å². The zero-order chi connectivity index (χ0) is 17.2. The Bertz CT molecular complexity index is 894. The number of furan rings is 1. The van der Waals surface area contributed by atoms with E-state index in [9.17, 15) is 18.5 Å². The number of hydrogen-bond donors (Lipinski definition) is 1. The Kier molecular flexibility index (Phi) is 4.63. The molecule has 0 spiro atoms. The van der Waals surface area contributed by atoms with Crippen molar-refractivity contribution in [3.05, 3.63) is 46.2 Å². The lowest BCUT2D eigenvalue weighted by molar-refractivity contribution is 0.0598. The minimum Gasteiger partial charge on any atom is -0.465 e. The first-order valence-corrected chi connectivity index (χ1v) is 8.06. The van der Waals surface area contributed by atoms with Crippen LogP contribution in [-0.2, 0) is 14.8 Å². The number of nitriles is 1. The zero-order valence-electron chi connectivity index (χ0n) is 12.1. The summed E-state index contributed by atoms with van der Waals surface area (Å²) in [6, 6.07) is 7.16. The topological polar surface area (TPSA) is 109 Å². The second-order valence-corrected chi connectivity index (χ2v) is 6.52. The van der Waals surface area contributed by atoms with Gasteiger partial charge in [-0.2, -0.15) is 5.26 Å². The van der Waals surface area contributed by atoms with E-state index in [2.05, 4.69) is 9.46 Å². The molecule has 0 aliphatic heterocycles. The van der Waals surface area contributed by atoms with Crippen LogP contribution in [0.15, 0.2) is 33.6 Å². The van der Waals surface area contributed by atoms with Crippen LogP contribution >= 0.6 is 11.6 Å². The van der Waals surface area contributed by atoms with Crippen molar-refractivity contribution in [2.75, 3.05) is 11.8 Å². The molecule has 1 aromatic carbocycles. The fraction of sp³-hybridized carbons (Fsp3) is 0.143. The number of ether oxygens (including phenoxy) is 1. The van der Waals surface area contributed by atoms with E-state index in [1.807, 2.05) is 0 Å². The van der Waals surface area contributed by atoms with E-state index < -0.39 is 16.0 Å². The van der Waals surface area contributed by atoms with Gasteiger partial charge in [-0.1, -0.05) is 11.6 Å². The first-order chi connectivity index (χ1) is 10.8. The molecule has 7 nitrogen and oxygen atoms in total. The number of anilines is 1. The third kappa shape index (κ3) is 3.31. The molecular formula is C14H11ClN2O5S. The highest BCUT2D eigenvalue weighted by molar-refractivity contribution is 7.92. The van der Waals surface area contributed by atoms with E-state index in [4.69, 9.17) is 16.0 Å². The minimum atomic E-state index is -4.00. The number of aryl methyl sites for hydroxylation is 1. The van der Waals surface area contributed by atoms with Crippen LogP contribution in [0.2, 0.25) is 5.02 Å². The molecule has 0 radical (unpaired) electrons. The normalized spacial score (nSPS) is 10.9. The van der Waals surface area contributed by atoms with Crippen molar-refractivity contribution in [1.29, 1.82) is 5.26 Å². The molecule has 2 rings (SSSR count). The average Bonchev–Trinajstić information content (AvgIpc) is 2.81.